The normalized spacial score (nSPS) is 10.6. The Morgan fingerprint density at radius 2 is 1.58 bits per heavy atom. The zero-order valence-corrected chi connectivity index (χ0v) is 21.9. The van der Waals surface area contributed by atoms with Gasteiger partial charge in [0.05, 0.1) is 17.2 Å². The first kappa shape index (κ1) is 27.5. The molecule has 6 nitrogen and oxygen atoms in total. The van der Waals surface area contributed by atoms with Crippen molar-refractivity contribution in [3.8, 4) is 11.5 Å². The summed E-state index contributed by atoms with van der Waals surface area (Å²) in [5.74, 6) is 0.563. The number of pyridine rings is 1. The molecule has 0 atom stereocenters. The quantitative estimate of drug-likeness (QED) is 0.124. The SMILES string of the molecule is C[n+]1cccc(C(=O)NCCCCCCCCOc2ccc(OC(=O)c3ccc(Cl)cc3Cl)cc2)c1. The third-order valence-electron chi connectivity index (χ3n) is 5.51. The van der Waals surface area contributed by atoms with E-state index in [1.54, 1.807) is 30.3 Å². The maximum Gasteiger partial charge on any atom is 0.345 e. The number of aryl methyl sites for hydroxylation is 1. The second-order valence-electron chi connectivity index (χ2n) is 8.47. The van der Waals surface area contributed by atoms with Gasteiger partial charge in [0.1, 0.15) is 24.1 Å². The van der Waals surface area contributed by atoms with Gasteiger partial charge in [0.15, 0.2) is 12.4 Å². The zero-order chi connectivity index (χ0) is 25.8. The Morgan fingerprint density at radius 1 is 0.889 bits per heavy atom. The van der Waals surface area contributed by atoms with Crippen molar-refractivity contribution in [2.24, 2.45) is 7.05 Å². The van der Waals surface area contributed by atoms with Gasteiger partial charge in [-0.3, -0.25) is 4.79 Å². The van der Waals surface area contributed by atoms with Gasteiger partial charge in [-0.25, -0.2) is 9.36 Å². The Labute approximate surface area is 222 Å². The predicted molar refractivity (Wildman–Crippen MR) is 141 cm³/mol. The summed E-state index contributed by atoms with van der Waals surface area (Å²) >= 11 is 11.9. The van der Waals surface area contributed by atoms with Crippen LogP contribution in [0, 0.1) is 0 Å². The number of hydrogen-bond acceptors (Lipinski definition) is 4. The Bertz CT molecular complexity index is 1150. The summed E-state index contributed by atoms with van der Waals surface area (Å²) in [4.78, 5) is 24.4. The zero-order valence-electron chi connectivity index (χ0n) is 20.3. The van der Waals surface area contributed by atoms with E-state index >= 15 is 0 Å². The molecular formula is C28H31Cl2N2O4+. The van der Waals surface area contributed by atoms with E-state index in [2.05, 4.69) is 5.32 Å². The Hall–Kier alpha value is -3.09. The van der Waals surface area contributed by atoms with Crippen molar-refractivity contribution < 1.29 is 23.6 Å². The molecule has 190 valence electrons. The second-order valence-corrected chi connectivity index (χ2v) is 9.31. The molecule has 0 unspecified atom stereocenters. The highest BCUT2D eigenvalue weighted by Crippen LogP contribution is 2.24. The monoisotopic (exact) mass is 529 g/mol. The number of aromatic nitrogens is 1. The molecule has 0 aliphatic carbocycles. The molecule has 36 heavy (non-hydrogen) atoms. The number of amides is 1. The molecule has 0 fully saturated rings. The average molecular weight is 530 g/mol. The van der Waals surface area contributed by atoms with Crippen LogP contribution in [-0.4, -0.2) is 25.0 Å². The maximum atomic E-state index is 12.3. The fourth-order valence-corrected chi connectivity index (χ4v) is 4.06. The summed E-state index contributed by atoms with van der Waals surface area (Å²) in [5, 5.41) is 3.67. The van der Waals surface area contributed by atoms with Gasteiger partial charge in [-0.05, 0) is 61.4 Å². The van der Waals surface area contributed by atoms with Crippen molar-refractivity contribution in [3.63, 3.8) is 0 Å². The largest absolute Gasteiger partial charge is 0.494 e. The van der Waals surface area contributed by atoms with Crippen LogP contribution in [0.5, 0.6) is 11.5 Å². The smallest absolute Gasteiger partial charge is 0.345 e. The van der Waals surface area contributed by atoms with E-state index in [1.807, 2.05) is 36.1 Å². The number of unbranched alkanes of at least 4 members (excludes halogenated alkanes) is 5. The number of esters is 1. The van der Waals surface area contributed by atoms with Crippen LogP contribution in [0.2, 0.25) is 10.0 Å². The number of nitrogens with zero attached hydrogens (tertiary/aromatic N) is 1. The predicted octanol–water partition coefficient (Wildman–Crippen LogP) is 6.19. The fraction of sp³-hybridized carbons (Fsp3) is 0.321. The molecule has 1 heterocycles. The number of hydrogen-bond donors (Lipinski definition) is 1. The summed E-state index contributed by atoms with van der Waals surface area (Å²) in [6, 6.07) is 15.2. The molecule has 0 aliphatic heterocycles. The molecule has 1 amide bonds. The molecule has 0 bridgehead atoms. The summed E-state index contributed by atoms with van der Waals surface area (Å²) in [6.07, 6.45) is 10.1. The Balaban J connectivity index is 1.23. The van der Waals surface area contributed by atoms with Crippen LogP contribution in [0.3, 0.4) is 0 Å². The van der Waals surface area contributed by atoms with Gasteiger partial charge in [0, 0.05) is 17.6 Å². The molecule has 3 rings (SSSR count). The lowest BCUT2D eigenvalue weighted by Gasteiger charge is -2.09. The lowest BCUT2D eigenvalue weighted by molar-refractivity contribution is -0.671. The van der Waals surface area contributed by atoms with Gasteiger partial charge in [0.2, 0.25) is 0 Å². The fourth-order valence-electron chi connectivity index (χ4n) is 3.57. The summed E-state index contributed by atoms with van der Waals surface area (Å²) in [5.41, 5.74) is 0.936. The third-order valence-corrected chi connectivity index (χ3v) is 6.06. The molecule has 1 N–H and O–H groups in total. The highest BCUT2D eigenvalue weighted by atomic mass is 35.5. The average Bonchev–Trinajstić information content (AvgIpc) is 2.86. The van der Waals surface area contributed by atoms with E-state index in [1.165, 1.54) is 12.1 Å². The molecule has 0 saturated carbocycles. The van der Waals surface area contributed by atoms with Crippen molar-refractivity contribution >= 4 is 35.1 Å². The van der Waals surface area contributed by atoms with E-state index in [-0.39, 0.29) is 16.5 Å². The number of benzene rings is 2. The molecule has 8 heteroatoms. The van der Waals surface area contributed by atoms with Crippen molar-refractivity contribution in [1.82, 2.24) is 5.32 Å². The summed E-state index contributed by atoms with van der Waals surface area (Å²) in [7, 11) is 1.90. The maximum absolute atomic E-state index is 12.3. The lowest BCUT2D eigenvalue weighted by Crippen LogP contribution is -2.31. The van der Waals surface area contributed by atoms with Gasteiger partial charge in [-0.2, -0.15) is 0 Å². The topological polar surface area (TPSA) is 68.5 Å². The van der Waals surface area contributed by atoms with Crippen LogP contribution in [0.15, 0.2) is 67.0 Å². The first-order valence-electron chi connectivity index (χ1n) is 12.1. The minimum Gasteiger partial charge on any atom is -0.494 e. The van der Waals surface area contributed by atoms with E-state index in [4.69, 9.17) is 32.7 Å². The van der Waals surface area contributed by atoms with Crippen LogP contribution < -0.4 is 19.4 Å². The van der Waals surface area contributed by atoms with Crippen LogP contribution in [0.25, 0.3) is 0 Å². The second kappa shape index (κ2) is 14.5. The highest BCUT2D eigenvalue weighted by molar-refractivity contribution is 6.36. The Kier molecular flexibility index (Phi) is 11.0. The van der Waals surface area contributed by atoms with Gasteiger partial charge in [0.25, 0.3) is 5.91 Å². The number of nitrogens with one attached hydrogen (secondary N) is 1. The number of rotatable bonds is 13. The highest BCUT2D eigenvalue weighted by Gasteiger charge is 2.13. The van der Waals surface area contributed by atoms with Gasteiger partial charge >= 0.3 is 5.97 Å². The standard InChI is InChI=1S/C28H30Cl2N2O4/c1-32-17-8-9-21(20-32)27(33)31-16-6-4-2-3-5-7-18-35-23-11-13-24(14-12-23)36-28(34)25-15-10-22(29)19-26(25)30/h8-15,17,19-20H,2-7,16,18H2,1H3/p+1. The number of carbonyl (C=O) groups excluding carboxylic acids is 2. The first-order chi connectivity index (χ1) is 17.4. The van der Waals surface area contributed by atoms with Crippen molar-refractivity contribution in [2.45, 2.75) is 38.5 Å². The van der Waals surface area contributed by atoms with Crippen molar-refractivity contribution in [2.75, 3.05) is 13.2 Å². The number of ether oxygens (including phenoxy) is 2. The van der Waals surface area contributed by atoms with E-state index in [9.17, 15) is 9.59 Å². The summed E-state index contributed by atoms with van der Waals surface area (Å²) < 4.78 is 13.0. The molecule has 0 aliphatic rings. The lowest BCUT2D eigenvalue weighted by atomic mass is 10.1. The van der Waals surface area contributed by atoms with E-state index in [0.29, 0.717) is 29.5 Å². The number of halogens is 2. The van der Waals surface area contributed by atoms with Crippen LogP contribution in [-0.2, 0) is 7.05 Å². The van der Waals surface area contributed by atoms with E-state index < -0.39 is 5.97 Å². The van der Waals surface area contributed by atoms with Crippen molar-refractivity contribution in [3.05, 3.63) is 88.2 Å². The van der Waals surface area contributed by atoms with Crippen LogP contribution >= 0.6 is 23.2 Å². The minimum absolute atomic E-state index is 0.0273. The molecule has 0 saturated heterocycles. The number of carbonyl (C=O) groups is 2. The molecule has 0 spiro atoms. The van der Waals surface area contributed by atoms with Gasteiger partial charge < -0.3 is 14.8 Å². The third kappa shape index (κ3) is 9.17. The molecule has 1 aromatic heterocycles. The minimum atomic E-state index is -0.543. The molecule has 3 aromatic rings. The molecule has 2 aromatic carbocycles. The van der Waals surface area contributed by atoms with Gasteiger partial charge in [-0.15, -0.1) is 0 Å². The van der Waals surface area contributed by atoms with E-state index in [0.717, 1.165) is 44.3 Å². The summed E-state index contributed by atoms with van der Waals surface area (Å²) in [6.45, 7) is 1.32. The molecule has 0 radical (unpaired) electrons. The van der Waals surface area contributed by atoms with Crippen LogP contribution in [0.4, 0.5) is 0 Å². The molecular weight excluding hydrogens is 499 g/mol. The van der Waals surface area contributed by atoms with Crippen LogP contribution in [0.1, 0.15) is 59.2 Å². The Morgan fingerprint density at radius 3 is 2.31 bits per heavy atom. The van der Waals surface area contributed by atoms with Crippen molar-refractivity contribution in [1.29, 1.82) is 0 Å². The first-order valence-corrected chi connectivity index (χ1v) is 12.8. The van der Waals surface area contributed by atoms with Gasteiger partial charge in [-0.1, -0.05) is 48.9 Å².